The van der Waals surface area contributed by atoms with Gasteiger partial charge in [-0.3, -0.25) is 4.79 Å². The van der Waals surface area contributed by atoms with Gasteiger partial charge in [-0.2, -0.15) is 5.26 Å². The minimum absolute atomic E-state index is 0.0816. The molecule has 0 aliphatic heterocycles. The Morgan fingerprint density at radius 1 is 1.42 bits per heavy atom. The van der Waals surface area contributed by atoms with Crippen LogP contribution in [0.4, 0.5) is 0 Å². The van der Waals surface area contributed by atoms with E-state index >= 15 is 0 Å². The molecular weight excluding hydrogens is 238 g/mol. The topological polar surface area (TPSA) is 56.1 Å². The summed E-state index contributed by atoms with van der Waals surface area (Å²) in [6.45, 7) is 8.98. The highest BCUT2D eigenvalue weighted by atomic mass is 16.1. The van der Waals surface area contributed by atoms with Crippen molar-refractivity contribution in [3.63, 3.8) is 0 Å². The second-order valence-corrected chi connectivity index (χ2v) is 4.55. The van der Waals surface area contributed by atoms with Gasteiger partial charge in [-0.1, -0.05) is 19.9 Å². The standard InChI is InChI=1S/C15H21N3O/c1-4-18(5-2)11-12(3)17-15(19)14-8-6-7-13(9-14)10-16/h6-9,12H,4-5,11H2,1-3H3,(H,17,19). The summed E-state index contributed by atoms with van der Waals surface area (Å²) in [4.78, 5) is 14.3. The van der Waals surface area contributed by atoms with Crippen LogP contribution in [0.3, 0.4) is 0 Å². The number of carbonyl (C=O) groups excluding carboxylic acids is 1. The zero-order chi connectivity index (χ0) is 14.3. The summed E-state index contributed by atoms with van der Waals surface area (Å²) < 4.78 is 0. The second kappa shape index (κ2) is 7.55. The monoisotopic (exact) mass is 259 g/mol. The van der Waals surface area contributed by atoms with Crippen LogP contribution in [0, 0.1) is 11.3 Å². The minimum atomic E-state index is -0.128. The normalized spacial score (nSPS) is 11.9. The summed E-state index contributed by atoms with van der Waals surface area (Å²) in [6.07, 6.45) is 0. The lowest BCUT2D eigenvalue weighted by atomic mass is 10.1. The summed E-state index contributed by atoms with van der Waals surface area (Å²) in [6, 6.07) is 8.87. The van der Waals surface area contributed by atoms with Crippen LogP contribution in [0.5, 0.6) is 0 Å². The lowest BCUT2D eigenvalue weighted by molar-refractivity contribution is 0.0930. The van der Waals surface area contributed by atoms with Crippen molar-refractivity contribution in [2.24, 2.45) is 0 Å². The van der Waals surface area contributed by atoms with E-state index in [1.165, 1.54) is 0 Å². The van der Waals surface area contributed by atoms with E-state index in [0.717, 1.165) is 19.6 Å². The molecule has 102 valence electrons. The van der Waals surface area contributed by atoms with E-state index < -0.39 is 0 Å². The van der Waals surface area contributed by atoms with Crippen molar-refractivity contribution in [1.82, 2.24) is 10.2 Å². The summed E-state index contributed by atoms with van der Waals surface area (Å²) in [5.74, 6) is -0.128. The Bertz CT molecular complexity index is 461. The van der Waals surface area contributed by atoms with Crippen molar-refractivity contribution in [2.75, 3.05) is 19.6 Å². The van der Waals surface area contributed by atoms with Gasteiger partial charge in [0.2, 0.25) is 0 Å². The van der Waals surface area contributed by atoms with Gasteiger partial charge in [-0.15, -0.1) is 0 Å². The van der Waals surface area contributed by atoms with Crippen LogP contribution < -0.4 is 5.32 Å². The number of nitriles is 1. The molecule has 0 aliphatic rings. The molecule has 0 heterocycles. The Balaban J connectivity index is 2.61. The van der Waals surface area contributed by atoms with E-state index in [2.05, 4.69) is 24.1 Å². The molecule has 1 aromatic carbocycles. The number of hydrogen-bond acceptors (Lipinski definition) is 3. The minimum Gasteiger partial charge on any atom is -0.348 e. The second-order valence-electron chi connectivity index (χ2n) is 4.55. The summed E-state index contributed by atoms with van der Waals surface area (Å²) in [5, 5.41) is 11.8. The molecule has 0 aromatic heterocycles. The average molecular weight is 259 g/mol. The highest BCUT2D eigenvalue weighted by Crippen LogP contribution is 2.04. The molecule has 0 fully saturated rings. The maximum atomic E-state index is 12.0. The maximum Gasteiger partial charge on any atom is 0.251 e. The third-order valence-corrected chi connectivity index (χ3v) is 3.06. The fraction of sp³-hybridized carbons (Fsp3) is 0.467. The molecule has 0 radical (unpaired) electrons. The predicted molar refractivity (Wildman–Crippen MR) is 75.9 cm³/mol. The van der Waals surface area contributed by atoms with E-state index in [4.69, 9.17) is 5.26 Å². The lowest BCUT2D eigenvalue weighted by Gasteiger charge is -2.23. The molecule has 1 rings (SSSR count). The number of hydrogen-bond donors (Lipinski definition) is 1. The third-order valence-electron chi connectivity index (χ3n) is 3.06. The first-order valence-corrected chi connectivity index (χ1v) is 6.64. The Kier molecular flexibility index (Phi) is 6.04. The van der Waals surface area contributed by atoms with Gasteiger partial charge in [0.1, 0.15) is 0 Å². The van der Waals surface area contributed by atoms with Crippen molar-refractivity contribution in [3.05, 3.63) is 35.4 Å². The highest BCUT2D eigenvalue weighted by Gasteiger charge is 2.12. The van der Waals surface area contributed by atoms with Gasteiger partial charge in [-0.05, 0) is 38.2 Å². The van der Waals surface area contributed by atoms with Crippen molar-refractivity contribution in [1.29, 1.82) is 5.26 Å². The lowest BCUT2D eigenvalue weighted by Crippen LogP contribution is -2.41. The zero-order valence-corrected chi connectivity index (χ0v) is 11.8. The highest BCUT2D eigenvalue weighted by molar-refractivity contribution is 5.94. The molecule has 1 atom stereocenters. The fourth-order valence-electron chi connectivity index (χ4n) is 1.95. The number of nitrogens with zero attached hydrogens (tertiary/aromatic N) is 2. The Labute approximate surface area is 115 Å². The van der Waals surface area contributed by atoms with Crippen molar-refractivity contribution >= 4 is 5.91 Å². The largest absolute Gasteiger partial charge is 0.348 e. The number of rotatable bonds is 6. The van der Waals surface area contributed by atoms with Gasteiger partial charge in [-0.25, -0.2) is 0 Å². The quantitative estimate of drug-likeness (QED) is 0.850. The number of benzene rings is 1. The molecule has 1 unspecified atom stereocenters. The molecule has 4 heteroatoms. The van der Waals surface area contributed by atoms with Gasteiger partial charge < -0.3 is 10.2 Å². The van der Waals surface area contributed by atoms with Crippen LogP contribution in [-0.2, 0) is 0 Å². The first kappa shape index (κ1) is 15.2. The van der Waals surface area contributed by atoms with Gasteiger partial charge in [0, 0.05) is 18.2 Å². The molecule has 19 heavy (non-hydrogen) atoms. The Hall–Kier alpha value is -1.86. The van der Waals surface area contributed by atoms with E-state index in [1.807, 2.05) is 13.0 Å². The number of carbonyl (C=O) groups is 1. The van der Waals surface area contributed by atoms with E-state index in [-0.39, 0.29) is 11.9 Å². The van der Waals surface area contributed by atoms with Crippen molar-refractivity contribution in [2.45, 2.75) is 26.8 Å². The van der Waals surface area contributed by atoms with Gasteiger partial charge >= 0.3 is 0 Å². The van der Waals surface area contributed by atoms with E-state index in [1.54, 1.807) is 24.3 Å². The Morgan fingerprint density at radius 2 is 2.11 bits per heavy atom. The maximum absolute atomic E-state index is 12.0. The molecule has 4 nitrogen and oxygen atoms in total. The molecule has 1 amide bonds. The molecule has 0 aliphatic carbocycles. The smallest absolute Gasteiger partial charge is 0.251 e. The van der Waals surface area contributed by atoms with Crippen LogP contribution in [0.15, 0.2) is 24.3 Å². The summed E-state index contributed by atoms with van der Waals surface area (Å²) in [7, 11) is 0. The van der Waals surface area contributed by atoms with Crippen LogP contribution in [0.25, 0.3) is 0 Å². The molecule has 0 saturated heterocycles. The predicted octanol–water partition coefficient (Wildman–Crippen LogP) is 2.02. The number of nitrogens with one attached hydrogen (secondary N) is 1. The van der Waals surface area contributed by atoms with Crippen LogP contribution in [-0.4, -0.2) is 36.5 Å². The average Bonchev–Trinajstić information content (AvgIpc) is 2.44. The van der Waals surface area contributed by atoms with Gasteiger partial charge in [0.15, 0.2) is 0 Å². The molecule has 0 saturated carbocycles. The van der Waals surface area contributed by atoms with Crippen molar-refractivity contribution < 1.29 is 4.79 Å². The van der Waals surface area contributed by atoms with Crippen LogP contribution in [0.1, 0.15) is 36.7 Å². The van der Waals surface area contributed by atoms with Gasteiger partial charge in [0.05, 0.1) is 11.6 Å². The number of likely N-dealkylation sites (N-methyl/N-ethyl adjacent to an activating group) is 1. The molecule has 1 N–H and O–H groups in total. The van der Waals surface area contributed by atoms with Crippen LogP contribution in [0.2, 0.25) is 0 Å². The third kappa shape index (κ3) is 4.72. The SMILES string of the molecule is CCN(CC)CC(C)NC(=O)c1cccc(C#N)c1. The molecule has 0 spiro atoms. The Morgan fingerprint density at radius 3 is 2.68 bits per heavy atom. The van der Waals surface area contributed by atoms with Gasteiger partial charge in [0.25, 0.3) is 5.91 Å². The molecule has 1 aromatic rings. The molecular formula is C15H21N3O. The first-order valence-electron chi connectivity index (χ1n) is 6.64. The van der Waals surface area contributed by atoms with E-state index in [0.29, 0.717) is 11.1 Å². The fourth-order valence-corrected chi connectivity index (χ4v) is 1.95. The molecule has 0 bridgehead atoms. The first-order chi connectivity index (χ1) is 9.10. The zero-order valence-electron chi connectivity index (χ0n) is 11.8. The van der Waals surface area contributed by atoms with E-state index in [9.17, 15) is 4.79 Å². The summed E-state index contributed by atoms with van der Waals surface area (Å²) >= 11 is 0. The van der Waals surface area contributed by atoms with Crippen molar-refractivity contribution in [3.8, 4) is 6.07 Å². The summed E-state index contributed by atoms with van der Waals surface area (Å²) in [5.41, 5.74) is 1.04. The number of amides is 1. The van der Waals surface area contributed by atoms with Crippen LogP contribution >= 0.6 is 0 Å².